The van der Waals surface area contributed by atoms with Crippen LogP contribution in [0.15, 0.2) is 0 Å². The van der Waals surface area contributed by atoms with Crippen molar-refractivity contribution in [3.05, 3.63) is 0 Å². The van der Waals surface area contributed by atoms with Gasteiger partial charge in [-0.3, -0.25) is 0 Å². The fourth-order valence-electron chi connectivity index (χ4n) is 2.49. The Hall–Kier alpha value is -0.180. The molecule has 0 aromatic rings. The van der Waals surface area contributed by atoms with Crippen LogP contribution >= 0.6 is 0 Å². The van der Waals surface area contributed by atoms with Gasteiger partial charge in [0, 0.05) is 12.8 Å². The van der Waals surface area contributed by atoms with E-state index in [-0.39, 0.29) is 12.8 Å². The van der Waals surface area contributed by atoms with Crippen molar-refractivity contribution in [2.75, 3.05) is 20.1 Å². The predicted molar refractivity (Wildman–Crippen MR) is 63.9 cm³/mol. The van der Waals surface area contributed by atoms with Gasteiger partial charge in [-0.1, -0.05) is 19.8 Å². The Morgan fingerprint density at radius 2 is 1.81 bits per heavy atom. The van der Waals surface area contributed by atoms with E-state index in [1.165, 1.54) is 12.8 Å². The monoisotopic (exact) mass is 233 g/mol. The van der Waals surface area contributed by atoms with Gasteiger partial charge in [0.1, 0.15) is 0 Å². The smallest absolute Gasteiger partial charge is 0.248 e. The fraction of sp³-hybridized carbons (Fsp3) is 1.00. The zero-order chi connectivity index (χ0) is 12.0. The lowest BCUT2D eigenvalue weighted by Crippen LogP contribution is -2.30. The molecule has 0 radical (unpaired) electrons. The van der Waals surface area contributed by atoms with Crippen molar-refractivity contribution in [3.8, 4) is 0 Å². The normalized spacial score (nSPS) is 20.2. The molecule has 0 bridgehead atoms. The van der Waals surface area contributed by atoms with Gasteiger partial charge in [-0.25, -0.2) is 8.78 Å². The van der Waals surface area contributed by atoms with Gasteiger partial charge in [-0.05, 0) is 45.3 Å². The molecule has 1 heterocycles. The molecular weight excluding hydrogens is 208 g/mol. The van der Waals surface area contributed by atoms with Crippen LogP contribution in [-0.4, -0.2) is 31.0 Å². The Morgan fingerprint density at radius 1 is 1.19 bits per heavy atom. The highest BCUT2D eigenvalue weighted by molar-refractivity contribution is 4.72. The third-order valence-corrected chi connectivity index (χ3v) is 3.61. The molecular formula is C13H25F2N. The minimum atomic E-state index is -2.42. The Kier molecular flexibility index (Phi) is 5.67. The van der Waals surface area contributed by atoms with Gasteiger partial charge in [0.2, 0.25) is 5.92 Å². The lowest BCUT2D eigenvalue weighted by molar-refractivity contribution is -0.0202. The number of halogens is 2. The molecule has 1 aliphatic heterocycles. The van der Waals surface area contributed by atoms with Crippen molar-refractivity contribution in [1.29, 1.82) is 0 Å². The second kappa shape index (κ2) is 6.53. The van der Waals surface area contributed by atoms with Crippen molar-refractivity contribution in [2.45, 2.75) is 57.8 Å². The molecule has 96 valence electrons. The van der Waals surface area contributed by atoms with Crippen LogP contribution < -0.4 is 0 Å². The van der Waals surface area contributed by atoms with E-state index in [0.29, 0.717) is 18.8 Å². The molecule has 0 N–H and O–H groups in total. The summed E-state index contributed by atoms with van der Waals surface area (Å²) in [4.78, 5) is 2.32. The van der Waals surface area contributed by atoms with E-state index in [2.05, 4.69) is 11.9 Å². The average molecular weight is 233 g/mol. The minimum Gasteiger partial charge on any atom is -0.306 e. The average Bonchev–Trinajstić information content (AvgIpc) is 2.20. The second-order valence-corrected chi connectivity index (χ2v) is 5.24. The number of alkyl halides is 2. The van der Waals surface area contributed by atoms with Crippen LogP contribution in [0.2, 0.25) is 0 Å². The van der Waals surface area contributed by atoms with E-state index in [1.807, 2.05) is 6.92 Å². The fourth-order valence-corrected chi connectivity index (χ4v) is 2.49. The first kappa shape index (κ1) is 13.9. The molecule has 1 aliphatic rings. The molecule has 0 amide bonds. The van der Waals surface area contributed by atoms with Crippen LogP contribution in [0.4, 0.5) is 8.78 Å². The number of nitrogens with zero attached hydrogens (tertiary/aromatic N) is 1. The van der Waals surface area contributed by atoms with Gasteiger partial charge < -0.3 is 4.90 Å². The molecule has 1 rings (SSSR count). The summed E-state index contributed by atoms with van der Waals surface area (Å²) in [6, 6.07) is 0. The molecule has 3 heteroatoms. The van der Waals surface area contributed by atoms with Crippen LogP contribution in [0, 0.1) is 5.92 Å². The topological polar surface area (TPSA) is 3.24 Å². The van der Waals surface area contributed by atoms with Gasteiger partial charge in [0.15, 0.2) is 0 Å². The van der Waals surface area contributed by atoms with Gasteiger partial charge in [0.25, 0.3) is 0 Å². The lowest BCUT2D eigenvalue weighted by Gasteiger charge is -2.29. The second-order valence-electron chi connectivity index (χ2n) is 5.24. The Bertz CT molecular complexity index is 186. The number of rotatable bonds is 6. The molecule has 1 nitrogen and oxygen atoms in total. The predicted octanol–water partition coefficient (Wildman–Crippen LogP) is 3.93. The largest absolute Gasteiger partial charge is 0.306 e. The SMILES string of the molecule is CCCC(F)(F)CCCC1CCN(C)CC1. The summed E-state index contributed by atoms with van der Waals surface area (Å²) >= 11 is 0. The summed E-state index contributed by atoms with van der Waals surface area (Å²) < 4.78 is 26.5. The Balaban J connectivity index is 2.11. The molecule has 0 atom stereocenters. The summed E-state index contributed by atoms with van der Waals surface area (Å²) in [6.07, 6.45) is 4.80. The maximum atomic E-state index is 13.2. The first-order valence-corrected chi connectivity index (χ1v) is 6.60. The van der Waals surface area contributed by atoms with Crippen molar-refractivity contribution in [2.24, 2.45) is 5.92 Å². The molecule has 16 heavy (non-hydrogen) atoms. The quantitative estimate of drug-likeness (QED) is 0.672. The summed E-state index contributed by atoms with van der Waals surface area (Å²) in [5.74, 6) is -1.73. The van der Waals surface area contributed by atoms with Crippen molar-refractivity contribution in [1.82, 2.24) is 4.90 Å². The Labute approximate surface area is 98.2 Å². The van der Waals surface area contributed by atoms with Crippen molar-refractivity contribution < 1.29 is 8.78 Å². The standard InChI is InChI=1S/C13H25F2N/c1-3-8-13(14,15)9-4-5-12-6-10-16(2)11-7-12/h12H,3-11H2,1-2H3. The molecule has 0 aromatic heterocycles. The van der Waals surface area contributed by atoms with Crippen molar-refractivity contribution in [3.63, 3.8) is 0 Å². The van der Waals surface area contributed by atoms with E-state index in [4.69, 9.17) is 0 Å². The summed E-state index contributed by atoms with van der Waals surface area (Å²) in [5, 5.41) is 0. The summed E-state index contributed by atoms with van der Waals surface area (Å²) in [6.45, 7) is 4.09. The third-order valence-electron chi connectivity index (χ3n) is 3.61. The first-order chi connectivity index (χ1) is 7.53. The molecule has 0 aromatic carbocycles. The number of hydrogen-bond acceptors (Lipinski definition) is 1. The van der Waals surface area contributed by atoms with E-state index >= 15 is 0 Å². The van der Waals surface area contributed by atoms with Gasteiger partial charge >= 0.3 is 0 Å². The highest BCUT2D eigenvalue weighted by atomic mass is 19.3. The van der Waals surface area contributed by atoms with Crippen LogP contribution in [0.3, 0.4) is 0 Å². The first-order valence-electron chi connectivity index (χ1n) is 6.60. The minimum absolute atomic E-state index is 0.0560. The van der Waals surface area contributed by atoms with Gasteiger partial charge in [-0.2, -0.15) is 0 Å². The van der Waals surface area contributed by atoms with E-state index in [0.717, 1.165) is 19.5 Å². The van der Waals surface area contributed by atoms with Gasteiger partial charge in [-0.15, -0.1) is 0 Å². The van der Waals surface area contributed by atoms with Crippen molar-refractivity contribution >= 4 is 0 Å². The summed E-state index contributed by atoms with van der Waals surface area (Å²) in [5.41, 5.74) is 0. The molecule has 0 saturated carbocycles. The van der Waals surface area contributed by atoms with Crippen LogP contribution in [-0.2, 0) is 0 Å². The summed E-state index contributed by atoms with van der Waals surface area (Å²) in [7, 11) is 2.13. The highest BCUT2D eigenvalue weighted by Gasteiger charge is 2.27. The number of piperidine rings is 1. The maximum Gasteiger partial charge on any atom is 0.248 e. The molecule has 0 aliphatic carbocycles. The maximum absolute atomic E-state index is 13.2. The third kappa shape index (κ3) is 5.24. The zero-order valence-electron chi connectivity index (χ0n) is 10.6. The van der Waals surface area contributed by atoms with Crippen LogP contribution in [0.5, 0.6) is 0 Å². The molecule has 0 spiro atoms. The molecule has 1 saturated heterocycles. The van der Waals surface area contributed by atoms with Crippen LogP contribution in [0.1, 0.15) is 51.9 Å². The molecule has 0 unspecified atom stereocenters. The van der Waals surface area contributed by atoms with E-state index in [9.17, 15) is 8.78 Å². The Morgan fingerprint density at radius 3 is 2.38 bits per heavy atom. The number of likely N-dealkylation sites (tertiary alicyclic amines) is 1. The van der Waals surface area contributed by atoms with Gasteiger partial charge in [0.05, 0.1) is 0 Å². The van der Waals surface area contributed by atoms with E-state index in [1.54, 1.807) is 0 Å². The lowest BCUT2D eigenvalue weighted by atomic mass is 9.91. The molecule has 1 fully saturated rings. The van der Waals surface area contributed by atoms with E-state index < -0.39 is 5.92 Å². The van der Waals surface area contributed by atoms with Crippen LogP contribution in [0.25, 0.3) is 0 Å². The zero-order valence-corrected chi connectivity index (χ0v) is 10.6. The number of hydrogen-bond donors (Lipinski definition) is 0. The highest BCUT2D eigenvalue weighted by Crippen LogP contribution is 2.29.